The molecule has 2 heteroatoms. The van der Waals surface area contributed by atoms with E-state index in [0.717, 1.165) is 23.7 Å². The summed E-state index contributed by atoms with van der Waals surface area (Å²) in [6.07, 6.45) is 3.24. The molecule has 2 aromatic rings. The summed E-state index contributed by atoms with van der Waals surface area (Å²) >= 11 is 3.56. The van der Waals surface area contributed by atoms with E-state index in [4.69, 9.17) is 5.73 Å². The van der Waals surface area contributed by atoms with Crippen molar-refractivity contribution in [3.63, 3.8) is 0 Å². The molecule has 0 aliphatic heterocycles. The van der Waals surface area contributed by atoms with Crippen molar-refractivity contribution >= 4 is 15.9 Å². The second-order valence-electron chi connectivity index (χ2n) is 4.94. The minimum absolute atomic E-state index is 0.126. The Hall–Kier alpha value is -1.12. The predicted molar refractivity (Wildman–Crippen MR) is 85.2 cm³/mol. The van der Waals surface area contributed by atoms with Gasteiger partial charge < -0.3 is 5.73 Å². The van der Waals surface area contributed by atoms with Gasteiger partial charge in [-0.25, -0.2) is 0 Å². The van der Waals surface area contributed by atoms with Crippen LogP contribution in [0.5, 0.6) is 0 Å². The molecule has 0 saturated carbocycles. The average Bonchev–Trinajstić information content (AvgIpc) is 2.43. The smallest absolute Gasteiger partial charge is 0.0297 e. The lowest BCUT2D eigenvalue weighted by molar-refractivity contribution is 0.608. The normalized spacial score (nSPS) is 12.4. The number of rotatable bonds is 5. The van der Waals surface area contributed by atoms with Crippen LogP contribution in [0.2, 0.25) is 0 Å². The summed E-state index contributed by atoms with van der Waals surface area (Å²) in [5.41, 5.74) is 10.2. The first-order valence-corrected chi connectivity index (χ1v) is 7.52. The van der Waals surface area contributed by atoms with Crippen LogP contribution in [0.25, 0.3) is 0 Å². The zero-order valence-electron chi connectivity index (χ0n) is 11.3. The first-order valence-electron chi connectivity index (χ1n) is 6.73. The zero-order chi connectivity index (χ0) is 13.7. The summed E-state index contributed by atoms with van der Waals surface area (Å²) in [7, 11) is 0. The number of hydrogen-bond donors (Lipinski definition) is 1. The highest BCUT2D eigenvalue weighted by atomic mass is 79.9. The summed E-state index contributed by atoms with van der Waals surface area (Å²) in [5.74, 6) is 0. The first kappa shape index (κ1) is 14.3. The Kier molecular flexibility index (Phi) is 5.17. The van der Waals surface area contributed by atoms with E-state index in [9.17, 15) is 0 Å². The van der Waals surface area contributed by atoms with Gasteiger partial charge in [0.2, 0.25) is 0 Å². The lowest BCUT2D eigenvalue weighted by Gasteiger charge is -2.15. The molecule has 0 saturated heterocycles. The van der Waals surface area contributed by atoms with Gasteiger partial charge >= 0.3 is 0 Å². The maximum Gasteiger partial charge on any atom is 0.0297 e. The van der Waals surface area contributed by atoms with E-state index < -0.39 is 0 Å². The van der Waals surface area contributed by atoms with Crippen molar-refractivity contribution in [2.45, 2.75) is 32.2 Å². The quantitative estimate of drug-likeness (QED) is 0.843. The van der Waals surface area contributed by atoms with Crippen molar-refractivity contribution in [1.82, 2.24) is 0 Å². The Morgan fingerprint density at radius 2 is 1.79 bits per heavy atom. The highest BCUT2D eigenvalue weighted by molar-refractivity contribution is 9.10. The fourth-order valence-electron chi connectivity index (χ4n) is 2.35. The topological polar surface area (TPSA) is 26.0 Å². The third-order valence-corrected chi connectivity index (χ3v) is 4.39. The molecule has 0 fully saturated rings. The average molecular weight is 318 g/mol. The van der Waals surface area contributed by atoms with Crippen molar-refractivity contribution < 1.29 is 0 Å². The summed E-state index contributed by atoms with van der Waals surface area (Å²) in [5, 5.41) is 0. The highest BCUT2D eigenvalue weighted by Gasteiger charge is 2.10. The Morgan fingerprint density at radius 1 is 1.05 bits per heavy atom. The molecule has 100 valence electrons. The van der Waals surface area contributed by atoms with Gasteiger partial charge in [0, 0.05) is 10.5 Å². The molecule has 2 N–H and O–H groups in total. The van der Waals surface area contributed by atoms with Gasteiger partial charge in [-0.2, -0.15) is 0 Å². The van der Waals surface area contributed by atoms with Crippen LogP contribution in [0.4, 0.5) is 0 Å². The van der Waals surface area contributed by atoms with Crippen molar-refractivity contribution in [2.24, 2.45) is 5.73 Å². The molecule has 0 heterocycles. The van der Waals surface area contributed by atoms with Crippen LogP contribution in [0.1, 0.15) is 35.6 Å². The first-order chi connectivity index (χ1) is 9.18. The van der Waals surface area contributed by atoms with Crippen LogP contribution in [0.3, 0.4) is 0 Å². The van der Waals surface area contributed by atoms with E-state index in [2.05, 4.69) is 71.4 Å². The van der Waals surface area contributed by atoms with E-state index in [1.807, 2.05) is 0 Å². The van der Waals surface area contributed by atoms with Crippen LogP contribution in [-0.2, 0) is 6.42 Å². The lowest BCUT2D eigenvalue weighted by atomic mass is 9.96. The molecule has 1 atom stereocenters. The summed E-state index contributed by atoms with van der Waals surface area (Å²) in [4.78, 5) is 0. The molecular weight excluding hydrogens is 298 g/mol. The van der Waals surface area contributed by atoms with Crippen LogP contribution in [0.15, 0.2) is 53.0 Å². The molecule has 2 rings (SSSR count). The third kappa shape index (κ3) is 3.92. The van der Waals surface area contributed by atoms with E-state index in [-0.39, 0.29) is 6.04 Å². The lowest BCUT2D eigenvalue weighted by Crippen LogP contribution is -2.12. The zero-order valence-corrected chi connectivity index (χ0v) is 12.9. The standard InChI is InChI=1S/C17H20BrN/c1-13-15(10-6-11-16(13)18)17(19)12-5-9-14-7-3-2-4-8-14/h2-4,6-8,10-11,17H,5,9,12,19H2,1H3. The van der Waals surface area contributed by atoms with Crippen molar-refractivity contribution in [1.29, 1.82) is 0 Å². The predicted octanol–water partition coefficient (Wildman–Crippen LogP) is 4.78. The van der Waals surface area contributed by atoms with E-state index in [1.165, 1.54) is 16.7 Å². The second-order valence-corrected chi connectivity index (χ2v) is 5.79. The SMILES string of the molecule is Cc1c(Br)cccc1C(N)CCCc1ccccc1. The minimum Gasteiger partial charge on any atom is -0.324 e. The van der Waals surface area contributed by atoms with E-state index in [0.29, 0.717) is 0 Å². The van der Waals surface area contributed by atoms with Gasteiger partial charge in [-0.15, -0.1) is 0 Å². The molecule has 0 aliphatic rings. The maximum atomic E-state index is 6.31. The summed E-state index contributed by atoms with van der Waals surface area (Å²) < 4.78 is 1.14. The summed E-state index contributed by atoms with van der Waals surface area (Å²) in [6.45, 7) is 2.12. The molecule has 2 aromatic carbocycles. The Labute approximate surface area is 124 Å². The van der Waals surface area contributed by atoms with Gasteiger partial charge in [0.1, 0.15) is 0 Å². The van der Waals surface area contributed by atoms with Gasteiger partial charge in [0.05, 0.1) is 0 Å². The molecule has 1 nitrogen and oxygen atoms in total. The molecule has 1 unspecified atom stereocenters. The summed E-state index contributed by atoms with van der Waals surface area (Å²) in [6, 6.07) is 17.0. The Balaban J connectivity index is 1.91. The molecule has 0 aliphatic carbocycles. The molecule has 0 aromatic heterocycles. The van der Waals surface area contributed by atoms with Gasteiger partial charge in [0.25, 0.3) is 0 Å². The second kappa shape index (κ2) is 6.88. The molecule has 0 spiro atoms. The molecular formula is C17H20BrN. The van der Waals surface area contributed by atoms with Gasteiger partial charge in [-0.05, 0) is 48.9 Å². The number of aryl methyl sites for hydroxylation is 1. The Bertz CT molecular complexity index is 522. The van der Waals surface area contributed by atoms with Gasteiger partial charge in [-0.3, -0.25) is 0 Å². The molecule has 0 radical (unpaired) electrons. The minimum atomic E-state index is 0.126. The van der Waals surface area contributed by atoms with Gasteiger partial charge in [-0.1, -0.05) is 58.4 Å². The number of halogens is 1. The van der Waals surface area contributed by atoms with Crippen molar-refractivity contribution in [3.05, 3.63) is 69.7 Å². The number of nitrogens with two attached hydrogens (primary N) is 1. The van der Waals surface area contributed by atoms with Crippen LogP contribution < -0.4 is 5.73 Å². The molecule has 19 heavy (non-hydrogen) atoms. The molecule has 0 bridgehead atoms. The van der Waals surface area contributed by atoms with E-state index >= 15 is 0 Å². The maximum absolute atomic E-state index is 6.31. The number of benzene rings is 2. The third-order valence-electron chi connectivity index (χ3n) is 3.53. The highest BCUT2D eigenvalue weighted by Crippen LogP contribution is 2.26. The fourth-order valence-corrected chi connectivity index (χ4v) is 2.73. The van der Waals surface area contributed by atoms with Crippen LogP contribution >= 0.6 is 15.9 Å². The van der Waals surface area contributed by atoms with E-state index in [1.54, 1.807) is 0 Å². The Morgan fingerprint density at radius 3 is 2.53 bits per heavy atom. The van der Waals surface area contributed by atoms with Crippen LogP contribution in [0, 0.1) is 6.92 Å². The van der Waals surface area contributed by atoms with Gasteiger partial charge in [0.15, 0.2) is 0 Å². The van der Waals surface area contributed by atoms with Crippen molar-refractivity contribution in [3.8, 4) is 0 Å². The molecule has 0 amide bonds. The fraction of sp³-hybridized carbons (Fsp3) is 0.294. The largest absolute Gasteiger partial charge is 0.324 e. The van der Waals surface area contributed by atoms with Crippen LogP contribution in [-0.4, -0.2) is 0 Å². The monoisotopic (exact) mass is 317 g/mol. The van der Waals surface area contributed by atoms with Crippen molar-refractivity contribution in [2.75, 3.05) is 0 Å². The number of hydrogen-bond acceptors (Lipinski definition) is 1.